The molecule has 3 heterocycles. The van der Waals surface area contributed by atoms with E-state index in [1.165, 1.54) is 83.8 Å². The molecule has 0 aliphatic heterocycles. The van der Waals surface area contributed by atoms with Crippen LogP contribution in [0.4, 0.5) is 0 Å². The van der Waals surface area contributed by atoms with Crippen molar-refractivity contribution in [1.82, 2.24) is 15.0 Å². The van der Waals surface area contributed by atoms with Crippen LogP contribution in [0.15, 0.2) is 176 Å². The molecule has 3 aromatic heterocycles. The summed E-state index contributed by atoms with van der Waals surface area (Å²) in [6.07, 6.45) is 0. The molecule has 0 saturated carbocycles. The van der Waals surface area contributed by atoms with Crippen molar-refractivity contribution in [1.29, 1.82) is 0 Å². The van der Waals surface area contributed by atoms with E-state index in [0.717, 1.165) is 16.7 Å². The third-order valence-electron chi connectivity index (χ3n) is 11.1. The zero-order valence-corrected chi connectivity index (χ0v) is 31.5. The van der Waals surface area contributed by atoms with Crippen LogP contribution >= 0.6 is 22.7 Å². The first-order chi connectivity index (χ1) is 27.7. The monoisotopic (exact) mass is 747 g/mol. The van der Waals surface area contributed by atoms with Crippen molar-refractivity contribution < 1.29 is 0 Å². The molecule has 5 heteroatoms. The van der Waals surface area contributed by atoms with Crippen LogP contribution in [-0.4, -0.2) is 15.0 Å². The van der Waals surface area contributed by atoms with Crippen LogP contribution in [0, 0.1) is 0 Å². The summed E-state index contributed by atoms with van der Waals surface area (Å²) in [4.78, 5) is 15.6. The van der Waals surface area contributed by atoms with Crippen LogP contribution in [-0.2, 0) is 0 Å². The third-order valence-corrected chi connectivity index (χ3v) is 13.4. The molecule has 0 saturated heterocycles. The first-order valence-corrected chi connectivity index (χ1v) is 20.4. The van der Waals surface area contributed by atoms with Crippen molar-refractivity contribution in [3.05, 3.63) is 176 Å². The number of aromatic nitrogens is 3. The van der Waals surface area contributed by atoms with Crippen molar-refractivity contribution in [2.75, 3.05) is 0 Å². The van der Waals surface area contributed by atoms with Gasteiger partial charge in [0.05, 0.1) is 0 Å². The topological polar surface area (TPSA) is 38.7 Å². The van der Waals surface area contributed by atoms with Gasteiger partial charge in [-0.2, -0.15) is 0 Å². The quantitative estimate of drug-likeness (QED) is 0.168. The average molecular weight is 748 g/mol. The predicted octanol–water partition coefficient (Wildman–Crippen LogP) is 14.7. The SMILES string of the molecule is c1ccc(-c2nc(-c3ccc4sc5ccccc5c4c3)nc(-c3cccc4sc5ccc(-c6ccc7c8ccccc8c8ccccc8c7c6)cc5c34)n2)cc1. The van der Waals surface area contributed by atoms with E-state index in [0.29, 0.717) is 17.5 Å². The molecule has 260 valence electrons. The number of hydrogen-bond acceptors (Lipinski definition) is 5. The molecule has 0 fully saturated rings. The zero-order valence-electron chi connectivity index (χ0n) is 29.9. The Bertz CT molecular complexity index is 3510. The Balaban J connectivity index is 1.06. The van der Waals surface area contributed by atoms with Crippen LogP contribution in [0.1, 0.15) is 0 Å². The number of benzene rings is 9. The molecule has 0 spiro atoms. The van der Waals surface area contributed by atoms with Gasteiger partial charge in [-0.25, -0.2) is 15.0 Å². The van der Waals surface area contributed by atoms with E-state index in [1.807, 2.05) is 40.9 Å². The van der Waals surface area contributed by atoms with Gasteiger partial charge >= 0.3 is 0 Å². The average Bonchev–Trinajstić information content (AvgIpc) is 3.84. The van der Waals surface area contributed by atoms with Crippen LogP contribution in [0.3, 0.4) is 0 Å². The number of hydrogen-bond donors (Lipinski definition) is 0. The summed E-state index contributed by atoms with van der Waals surface area (Å²) in [5, 5.41) is 12.5. The molecule has 12 rings (SSSR count). The first-order valence-electron chi connectivity index (χ1n) is 18.8. The Hall–Kier alpha value is -6.79. The van der Waals surface area contributed by atoms with Crippen LogP contribution in [0.25, 0.3) is 118 Å². The number of rotatable bonds is 4. The highest BCUT2D eigenvalue weighted by atomic mass is 32.1. The summed E-state index contributed by atoms with van der Waals surface area (Å²) in [5.41, 5.74) is 5.32. The molecule has 0 N–H and O–H groups in total. The third kappa shape index (κ3) is 4.92. The zero-order chi connectivity index (χ0) is 36.7. The van der Waals surface area contributed by atoms with Crippen molar-refractivity contribution in [3.63, 3.8) is 0 Å². The Morgan fingerprint density at radius 2 is 0.750 bits per heavy atom. The number of thiophene rings is 2. The molecule has 12 aromatic rings. The van der Waals surface area contributed by atoms with Crippen molar-refractivity contribution in [2.45, 2.75) is 0 Å². The summed E-state index contributed by atoms with van der Waals surface area (Å²) >= 11 is 3.63. The maximum Gasteiger partial charge on any atom is 0.164 e. The highest BCUT2D eigenvalue weighted by Gasteiger charge is 2.19. The lowest BCUT2D eigenvalue weighted by Crippen LogP contribution is -2.00. The Morgan fingerprint density at radius 3 is 1.50 bits per heavy atom. The first kappa shape index (κ1) is 31.5. The van der Waals surface area contributed by atoms with Gasteiger partial charge in [-0.1, -0.05) is 127 Å². The summed E-state index contributed by atoms with van der Waals surface area (Å²) in [7, 11) is 0. The van der Waals surface area contributed by atoms with Gasteiger partial charge in [-0.3, -0.25) is 0 Å². The van der Waals surface area contributed by atoms with Gasteiger partial charge in [0.25, 0.3) is 0 Å². The molecule has 0 aliphatic rings. The van der Waals surface area contributed by atoms with Crippen LogP contribution in [0.5, 0.6) is 0 Å². The summed E-state index contributed by atoms with van der Waals surface area (Å²) in [6, 6.07) is 63.3. The minimum Gasteiger partial charge on any atom is -0.208 e. The van der Waals surface area contributed by atoms with E-state index < -0.39 is 0 Å². The minimum absolute atomic E-state index is 0.661. The van der Waals surface area contributed by atoms with E-state index >= 15 is 0 Å². The number of fused-ring (bicyclic) bond motifs is 12. The lowest BCUT2D eigenvalue weighted by atomic mass is 9.92. The second-order valence-corrected chi connectivity index (χ2v) is 16.5. The Labute approximate surface area is 329 Å². The molecule has 3 nitrogen and oxygen atoms in total. The number of nitrogens with zero attached hydrogens (tertiary/aromatic N) is 3. The fourth-order valence-electron chi connectivity index (χ4n) is 8.49. The molecular formula is C51H29N3S2. The maximum absolute atomic E-state index is 5.26. The molecule has 0 bridgehead atoms. The van der Waals surface area contributed by atoms with E-state index in [1.54, 1.807) is 0 Å². The fourth-order valence-corrected chi connectivity index (χ4v) is 10.7. The van der Waals surface area contributed by atoms with Crippen molar-refractivity contribution in [2.24, 2.45) is 0 Å². The highest BCUT2D eigenvalue weighted by molar-refractivity contribution is 7.26. The predicted molar refractivity (Wildman–Crippen MR) is 240 cm³/mol. The van der Waals surface area contributed by atoms with Crippen LogP contribution < -0.4 is 0 Å². The van der Waals surface area contributed by atoms with E-state index in [9.17, 15) is 0 Å². The van der Waals surface area contributed by atoms with Gasteiger partial charge in [0, 0.05) is 57.0 Å². The van der Waals surface area contributed by atoms with Gasteiger partial charge in [0.2, 0.25) is 0 Å². The molecule has 0 aliphatic carbocycles. The molecule has 0 radical (unpaired) electrons. The highest BCUT2D eigenvalue weighted by Crippen LogP contribution is 2.43. The van der Waals surface area contributed by atoms with Gasteiger partial charge < -0.3 is 0 Å². The largest absolute Gasteiger partial charge is 0.208 e. The normalized spacial score (nSPS) is 11.9. The maximum atomic E-state index is 5.26. The van der Waals surface area contributed by atoms with E-state index in [-0.39, 0.29) is 0 Å². The van der Waals surface area contributed by atoms with E-state index in [2.05, 4.69) is 158 Å². The second kappa shape index (κ2) is 12.4. The van der Waals surface area contributed by atoms with Crippen molar-refractivity contribution in [3.8, 4) is 45.3 Å². The lowest BCUT2D eigenvalue weighted by Gasteiger charge is -2.12. The molecule has 56 heavy (non-hydrogen) atoms. The smallest absolute Gasteiger partial charge is 0.164 e. The summed E-state index contributed by atoms with van der Waals surface area (Å²) in [5.74, 6) is 2.00. The Kier molecular flexibility index (Phi) is 6.97. The van der Waals surface area contributed by atoms with E-state index in [4.69, 9.17) is 15.0 Å². The Morgan fingerprint density at radius 1 is 0.268 bits per heavy atom. The second-order valence-electron chi connectivity index (χ2n) is 14.3. The summed E-state index contributed by atoms with van der Waals surface area (Å²) in [6.45, 7) is 0. The van der Waals surface area contributed by atoms with Crippen LogP contribution in [0.2, 0.25) is 0 Å². The summed E-state index contributed by atoms with van der Waals surface area (Å²) < 4.78 is 4.98. The fraction of sp³-hybridized carbons (Fsp3) is 0. The van der Waals surface area contributed by atoms with Gasteiger partial charge in [-0.15, -0.1) is 22.7 Å². The molecule has 0 amide bonds. The molecule has 9 aromatic carbocycles. The van der Waals surface area contributed by atoms with Gasteiger partial charge in [0.15, 0.2) is 17.5 Å². The minimum atomic E-state index is 0.661. The van der Waals surface area contributed by atoms with Gasteiger partial charge in [0.1, 0.15) is 0 Å². The standard InChI is InChI=1S/C51H29N3S2/c1-2-11-30(12-3-1)49-52-50(33-23-26-45-42(29-33)39-17-8-9-19-44(39)55-45)54-51(53-49)40-18-10-20-47-48(40)43-28-32(22-25-46(43)56-47)31-21-24-38-36-15-5-4-13-34(36)35-14-6-7-16-37(35)41(38)27-31/h1-29H. The van der Waals surface area contributed by atoms with Crippen molar-refractivity contribution >= 4 is 95.3 Å². The lowest BCUT2D eigenvalue weighted by molar-refractivity contribution is 1.08. The van der Waals surface area contributed by atoms with Gasteiger partial charge in [-0.05, 0) is 92.0 Å². The molecule has 0 atom stereocenters. The molecular weight excluding hydrogens is 719 g/mol. The molecule has 0 unspecified atom stereocenters.